The molecule has 0 aromatic rings. The van der Waals surface area contributed by atoms with Crippen LogP contribution in [-0.4, -0.2) is 43.0 Å². The smallest absolute Gasteiger partial charge is 0.222 e. The van der Waals surface area contributed by atoms with Gasteiger partial charge in [-0.25, -0.2) is 4.99 Å². The number of rotatable bonds is 18. The highest BCUT2D eigenvalue weighted by molar-refractivity contribution is 5.88. The molecule has 1 atom stereocenters. The molecule has 0 saturated carbocycles. The highest BCUT2D eigenvalue weighted by Crippen LogP contribution is 2.16. The number of aliphatic imine (C=N–C) groups is 1. The summed E-state index contributed by atoms with van der Waals surface area (Å²) in [4.78, 5) is 4.73. The minimum atomic E-state index is 0.750. The minimum absolute atomic E-state index is 0.750. The fourth-order valence-corrected chi connectivity index (χ4v) is 4.25. The van der Waals surface area contributed by atoms with Crippen LogP contribution in [0.5, 0.6) is 0 Å². The lowest BCUT2D eigenvalue weighted by Gasteiger charge is -2.32. The fourth-order valence-electron chi connectivity index (χ4n) is 4.25. The van der Waals surface area contributed by atoms with E-state index in [2.05, 4.69) is 26.0 Å². The van der Waals surface area contributed by atoms with E-state index >= 15 is 0 Å². The highest BCUT2D eigenvalue weighted by Gasteiger charge is 2.33. The molecule has 27 heavy (non-hydrogen) atoms. The summed E-state index contributed by atoms with van der Waals surface area (Å²) < 4.78 is 0.992. The summed E-state index contributed by atoms with van der Waals surface area (Å²) >= 11 is 0. The van der Waals surface area contributed by atoms with Crippen molar-refractivity contribution in [3.63, 3.8) is 0 Å². The van der Waals surface area contributed by atoms with E-state index in [-0.39, 0.29) is 0 Å². The Morgan fingerprint density at radius 2 is 1.41 bits per heavy atom. The molecule has 1 rings (SSSR count). The number of allylic oxidation sites excluding steroid dienone is 1. The summed E-state index contributed by atoms with van der Waals surface area (Å²) in [6.07, 6.45) is 24.3. The SMILES string of the molecule is CCCCCCCCCCCCCCC/C=C/C1=NCC[N+]1(CC)CCN. The van der Waals surface area contributed by atoms with Gasteiger partial charge >= 0.3 is 0 Å². The lowest BCUT2D eigenvalue weighted by atomic mass is 10.0. The first kappa shape index (κ1) is 24.4. The first-order valence-corrected chi connectivity index (χ1v) is 12.1. The molecule has 0 saturated heterocycles. The Bertz CT molecular complexity index is 402. The summed E-state index contributed by atoms with van der Waals surface area (Å²) in [5.41, 5.74) is 5.82. The fraction of sp³-hybridized carbons (Fsp3) is 0.875. The monoisotopic (exact) mass is 378 g/mol. The van der Waals surface area contributed by atoms with Gasteiger partial charge in [-0.2, -0.15) is 0 Å². The van der Waals surface area contributed by atoms with Crippen LogP contribution in [0.25, 0.3) is 0 Å². The molecule has 2 N–H and O–H groups in total. The van der Waals surface area contributed by atoms with Crippen LogP contribution in [0.3, 0.4) is 0 Å². The molecule has 1 aliphatic heterocycles. The summed E-state index contributed by atoms with van der Waals surface area (Å²) in [6.45, 7) is 9.53. The third-order valence-corrected chi connectivity index (χ3v) is 6.19. The van der Waals surface area contributed by atoms with E-state index in [1.807, 2.05) is 0 Å². The molecule has 0 bridgehead atoms. The summed E-state index contributed by atoms with van der Waals surface area (Å²) in [5.74, 6) is 1.26. The van der Waals surface area contributed by atoms with Gasteiger partial charge in [-0.1, -0.05) is 90.0 Å². The van der Waals surface area contributed by atoms with Crippen molar-refractivity contribution in [1.29, 1.82) is 0 Å². The maximum atomic E-state index is 5.82. The quantitative estimate of drug-likeness (QED) is 0.223. The second-order valence-electron chi connectivity index (χ2n) is 8.37. The third-order valence-electron chi connectivity index (χ3n) is 6.19. The molecule has 3 heteroatoms. The Labute approximate surface area is 170 Å². The molecule has 1 aliphatic rings. The Balaban J connectivity index is 1.95. The van der Waals surface area contributed by atoms with Gasteiger partial charge in [-0.15, -0.1) is 0 Å². The van der Waals surface area contributed by atoms with E-state index < -0.39 is 0 Å². The van der Waals surface area contributed by atoms with Gasteiger partial charge in [-0.05, 0) is 19.8 Å². The van der Waals surface area contributed by atoms with Gasteiger partial charge in [-0.3, -0.25) is 4.48 Å². The van der Waals surface area contributed by atoms with E-state index in [0.717, 1.165) is 37.2 Å². The average molecular weight is 379 g/mol. The van der Waals surface area contributed by atoms with Crippen molar-refractivity contribution >= 4 is 5.84 Å². The number of hydrogen-bond donors (Lipinski definition) is 1. The van der Waals surface area contributed by atoms with Gasteiger partial charge in [0.15, 0.2) is 0 Å². The minimum Gasteiger partial charge on any atom is -0.326 e. The van der Waals surface area contributed by atoms with Crippen molar-refractivity contribution in [1.82, 2.24) is 0 Å². The summed E-state index contributed by atoms with van der Waals surface area (Å²) in [5, 5.41) is 0. The van der Waals surface area contributed by atoms with Crippen molar-refractivity contribution in [2.24, 2.45) is 10.7 Å². The predicted octanol–water partition coefficient (Wildman–Crippen LogP) is 6.23. The number of unbranched alkanes of at least 4 members (excludes halogenated alkanes) is 13. The number of nitrogens with zero attached hydrogens (tertiary/aromatic N) is 2. The number of hydrogen-bond acceptors (Lipinski definition) is 2. The second kappa shape index (κ2) is 16.3. The van der Waals surface area contributed by atoms with E-state index in [4.69, 9.17) is 10.7 Å². The molecule has 0 fully saturated rings. The van der Waals surface area contributed by atoms with Crippen LogP contribution in [0.4, 0.5) is 0 Å². The maximum Gasteiger partial charge on any atom is 0.222 e. The third kappa shape index (κ3) is 10.4. The topological polar surface area (TPSA) is 38.4 Å². The van der Waals surface area contributed by atoms with Gasteiger partial charge in [0, 0.05) is 12.6 Å². The average Bonchev–Trinajstić information content (AvgIpc) is 3.08. The lowest BCUT2D eigenvalue weighted by molar-refractivity contribution is -0.830. The van der Waals surface area contributed by atoms with Gasteiger partial charge in [0.05, 0.1) is 19.6 Å². The van der Waals surface area contributed by atoms with Crippen LogP contribution in [0.2, 0.25) is 0 Å². The van der Waals surface area contributed by atoms with Crippen LogP contribution in [0.1, 0.15) is 104 Å². The zero-order valence-corrected chi connectivity index (χ0v) is 18.6. The Morgan fingerprint density at radius 1 is 0.852 bits per heavy atom. The summed E-state index contributed by atoms with van der Waals surface area (Å²) in [6, 6.07) is 0. The molecule has 0 radical (unpaired) electrons. The van der Waals surface area contributed by atoms with Crippen LogP contribution in [0.15, 0.2) is 17.1 Å². The van der Waals surface area contributed by atoms with Gasteiger partial charge in [0.1, 0.15) is 6.54 Å². The van der Waals surface area contributed by atoms with Crippen LogP contribution >= 0.6 is 0 Å². The van der Waals surface area contributed by atoms with Crippen LogP contribution < -0.4 is 5.73 Å². The molecular weight excluding hydrogens is 330 g/mol. The van der Waals surface area contributed by atoms with Crippen molar-refractivity contribution in [2.75, 3.05) is 32.7 Å². The van der Waals surface area contributed by atoms with E-state index in [1.165, 1.54) is 95.7 Å². The number of quaternary nitrogens is 1. The lowest BCUT2D eigenvalue weighted by Crippen LogP contribution is -2.52. The Morgan fingerprint density at radius 3 is 1.93 bits per heavy atom. The van der Waals surface area contributed by atoms with Gasteiger partial charge < -0.3 is 5.73 Å². The molecule has 158 valence electrons. The number of amidine groups is 1. The van der Waals surface area contributed by atoms with Crippen molar-refractivity contribution in [2.45, 2.75) is 104 Å². The van der Waals surface area contributed by atoms with Crippen LogP contribution in [0, 0.1) is 0 Å². The highest BCUT2D eigenvalue weighted by atomic mass is 15.4. The molecule has 0 amide bonds. The molecule has 3 nitrogen and oxygen atoms in total. The molecular formula is C24H48N3+. The number of nitrogens with two attached hydrogens (primary N) is 1. The first-order valence-electron chi connectivity index (χ1n) is 12.1. The zero-order chi connectivity index (χ0) is 19.6. The van der Waals surface area contributed by atoms with E-state index in [9.17, 15) is 0 Å². The summed E-state index contributed by atoms with van der Waals surface area (Å²) in [7, 11) is 0. The standard InChI is InChI=1S/C24H48N3/c1-3-5-6-7-8-9-10-11-12-13-14-15-16-17-18-19-24-26-21-23-27(24,4-2)22-20-25/h18-19H,3-17,20-23,25H2,1-2H3/q+1/b19-18+. The van der Waals surface area contributed by atoms with Gasteiger partial charge in [0.2, 0.25) is 5.84 Å². The van der Waals surface area contributed by atoms with Crippen LogP contribution in [-0.2, 0) is 0 Å². The zero-order valence-electron chi connectivity index (χ0n) is 18.6. The number of likely N-dealkylation sites (N-methyl/N-ethyl adjacent to an activating group) is 1. The largest absolute Gasteiger partial charge is 0.326 e. The maximum absolute atomic E-state index is 5.82. The second-order valence-corrected chi connectivity index (χ2v) is 8.37. The van der Waals surface area contributed by atoms with Crippen molar-refractivity contribution in [3.8, 4) is 0 Å². The Kier molecular flexibility index (Phi) is 14.7. The molecule has 0 aromatic carbocycles. The van der Waals surface area contributed by atoms with Crippen molar-refractivity contribution < 1.29 is 4.48 Å². The molecule has 0 aliphatic carbocycles. The molecule has 0 spiro atoms. The van der Waals surface area contributed by atoms with Crippen molar-refractivity contribution in [3.05, 3.63) is 12.2 Å². The molecule has 1 heterocycles. The predicted molar refractivity (Wildman–Crippen MR) is 121 cm³/mol. The molecule has 1 unspecified atom stereocenters. The van der Waals surface area contributed by atoms with E-state index in [0.29, 0.717) is 0 Å². The Hall–Kier alpha value is -0.670. The first-order chi connectivity index (χ1) is 13.3. The van der Waals surface area contributed by atoms with Gasteiger partial charge in [0.25, 0.3) is 0 Å². The normalized spacial score (nSPS) is 19.9. The molecule has 0 aromatic heterocycles. The van der Waals surface area contributed by atoms with E-state index in [1.54, 1.807) is 0 Å².